The summed E-state index contributed by atoms with van der Waals surface area (Å²) in [5, 5.41) is 3.50. The number of para-hydroxylation sites is 1. The zero-order valence-electron chi connectivity index (χ0n) is 14.1. The molecule has 0 unspecified atom stereocenters. The Balaban J connectivity index is 1.55. The molecular formula is C20H19NO4. The topological polar surface area (TPSA) is 68.5 Å². The number of benzene rings is 2. The van der Waals surface area contributed by atoms with Gasteiger partial charge in [-0.15, -0.1) is 0 Å². The van der Waals surface area contributed by atoms with E-state index in [2.05, 4.69) is 19.2 Å². The monoisotopic (exact) mass is 337 g/mol. The molecule has 0 aliphatic carbocycles. The molecule has 0 fully saturated rings. The Morgan fingerprint density at radius 1 is 1.08 bits per heavy atom. The highest BCUT2D eigenvalue weighted by atomic mass is 16.5. The average molecular weight is 337 g/mol. The number of carbonyl (C=O) groups excluding carboxylic acids is 2. The van der Waals surface area contributed by atoms with Crippen LogP contribution in [0.15, 0.2) is 59.0 Å². The summed E-state index contributed by atoms with van der Waals surface area (Å²) in [5.74, 6) is -0.562. The first-order valence-electron chi connectivity index (χ1n) is 8.08. The maximum Gasteiger partial charge on any atom is 0.374 e. The lowest BCUT2D eigenvalue weighted by molar-refractivity contribution is -0.119. The predicted molar refractivity (Wildman–Crippen MR) is 95.7 cm³/mol. The number of ether oxygens (including phenoxy) is 1. The van der Waals surface area contributed by atoms with Crippen LogP contribution in [-0.2, 0) is 9.53 Å². The van der Waals surface area contributed by atoms with Crippen LogP contribution >= 0.6 is 0 Å². The van der Waals surface area contributed by atoms with Crippen LogP contribution in [0.4, 0.5) is 5.69 Å². The van der Waals surface area contributed by atoms with Gasteiger partial charge in [-0.05, 0) is 35.7 Å². The molecule has 0 saturated carbocycles. The fourth-order valence-electron chi connectivity index (χ4n) is 2.43. The van der Waals surface area contributed by atoms with Crippen LogP contribution in [0, 0.1) is 0 Å². The molecule has 0 atom stereocenters. The predicted octanol–water partition coefficient (Wildman–Crippen LogP) is 4.35. The molecule has 0 aliphatic rings. The second kappa shape index (κ2) is 7.21. The van der Waals surface area contributed by atoms with E-state index in [1.54, 1.807) is 12.1 Å². The van der Waals surface area contributed by atoms with Gasteiger partial charge in [0, 0.05) is 11.1 Å². The van der Waals surface area contributed by atoms with Gasteiger partial charge < -0.3 is 14.5 Å². The van der Waals surface area contributed by atoms with E-state index >= 15 is 0 Å². The van der Waals surface area contributed by atoms with Gasteiger partial charge in [0.15, 0.2) is 6.61 Å². The van der Waals surface area contributed by atoms with E-state index in [1.165, 1.54) is 5.56 Å². The first-order valence-corrected chi connectivity index (χ1v) is 8.08. The van der Waals surface area contributed by atoms with Crippen molar-refractivity contribution in [3.8, 4) is 0 Å². The quantitative estimate of drug-likeness (QED) is 0.703. The van der Waals surface area contributed by atoms with Crippen LogP contribution in [0.25, 0.3) is 11.0 Å². The molecule has 1 N–H and O–H groups in total. The Morgan fingerprint density at radius 3 is 2.48 bits per heavy atom. The Bertz CT molecular complexity index is 860. The van der Waals surface area contributed by atoms with Crippen molar-refractivity contribution in [2.75, 3.05) is 11.9 Å². The molecular weight excluding hydrogens is 318 g/mol. The molecule has 0 bridgehead atoms. The number of esters is 1. The summed E-state index contributed by atoms with van der Waals surface area (Å²) in [6, 6.07) is 16.4. The summed E-state index contributed by atoms with van der Waals surface area (Å²) in [6.45, 7) is 3.83. The van der Waals surface area contributed by atoms with E-state index in [0.717, 1.165) is 5.39 Å². The number of nitrogens with one attached hydrogen (secondary N) is 1. The zero-order valence-corrected chi connectivity index (χ0v) is 14.1. The minimum atomic E-state index is -0.665. The van der Waals surface area contributed by atoms with Crippen molar-refractivity contribution in [3.63, 3.8) is 0 Å². The standard InChI is InChI=1S/C20H19NO4/c1-13(2)14-7-9-16(10-8-14)21-19(22)12-24-20(23)18-11-15-5-3-4-6-17(15)25-18/h3-11,13H,12H2,1-2H3,(H,21,22). The molecule has 1 amide bonds. The molecule has 0 radical (unpaired) electrons. The second-order valence-electron chi connectivity index (χ2n) is 6.05. The maximum atomic E-state index is 12.0. The largest absolute Gasteiger partial charge is 0.450 e. The normalized spacial score (nSPS) is 10.8. The van der Waals surface area contributed by atoms with Gasteiger partial charge >= 0.3 is 5.97 Å². The number of amides is 1. The third-order valence-electron chi connectivity index (χ3n) is 3.82. The van der Waals surface area contributed by atoms with Gasteiger partial charge in [-0.2, -0.15) is 0 Å². The minimum absolute atomic E-state index is 0.0790. The first-order chi connectivity index (χ1) is 12.0. The van der Waals surface area contributed by atoms with Crippen molar-refractivity contribution >= 4 is 28.5 Å². The lowest BCUT2D eigenvalue weighted by Gasteiger charge is -2.08. The SMILES string of the molecule is CC(C)c1ccc(NC(=O)COC(=O)c2cc3ccccc3o2)cc1. The van der Waals surface area contributed by atoms with E-state index in [0.29, 0.717) is 17.2 Å². The minimum Gasteiger partial charge on any atom is -0.450 e. The van der Waals surface area contributed by atoms with Gasteiger partial charge in [-0.1, -0.05) is 44.2 Å². The molecule has 0 spiro atoms. The van der Waals surface area contributed by atoms with Gasteiger partial charge in [0.25, 0.3) is 5.91 Å². The molecule has 3 rings (SSSR count). The number of carbonyl (C=O) groups is 2. The zero-order chi connectivity index (χ0) is 17.8. The van der Waals surface area contributed by atoms with Crippen molar-refractivity contribution in [2.24, 2.45) is 0 Å². The number of fused-ring (bicyclic) bond motifs is 1. The Kier molecular flexibility index (Phi) is 4.84. The number of rotatable bonds is 5. The summed E-state index contributed by atoms with van der Waals surface area (Å²) in [5.41, 5.74) is 2.45. The fourth-order valence-corrected chi connectivity index (χ4v) is 2.43. The van der Waals surface area contributed by atoms with E-state index in [-0.39, 0.29) is 12.4 Å². The summed E-state index contributed by atoms with van der Waals surface area (Å²) >= 11 is 0. The molecule has 3 aromatic rings. The molecule has 1 heterocycles. The van der Waals surface area contributed by atoms with Crippen molar-refractivity contribution < 1.29 is 18.7 Å². The van der Waals surface area contributed by atoms with Gasteiger partial charge in [-0.25, -0.2) is 4.79 Å². The lowest BCUT2D eigenvalue weighted by atomic mass is 10.0. The Hall–Kier alpha value is -3.08. The smallest absolute Gasteiger partial charge is 0.374 e. The highest BCUT2D eigenvalue weighted by Gasteiger charge is 2.15. The summed E-state index contributed by atoms with van der Waals surface area (Å²) < 4.78 is 10.4. The lowest BCUT2D eigenvalue weighted by Crippen LogP contribution is -2.20. The third kappa shape index (κ3) is 4.07. The summed E-state index contributed by atoms with van der Waals surface area (Å²) in [6.07, 6.45) is 0. The van der Waals surface area contributed by atoms with Gasteiger partial charge in [0.1, 0.15) is 5.58 Å². The average Bonchev–Trinajstić information content (AvgIpc) is 3.04. The fraction of sp³-hybridized carbons (Fsp3) is 0.200. The van der Waals surface area contributed by atoms with Crippen molar-refractivity contribution in [2.45, 2.75) is 19.8 Å². The molecule has 1 aromatic heterocycles. The Labute approximate surface area is 145 Å². The van der Waals surface area contributed by atoms with Crippen LogP contribution in [0.5, 0.6) is 0 Å². The van der Waals surface area contributed by atoms with Crippen LogP contribution in [-0.4, -0.2) is 18.5 Å². The van der Waals surface area contributed by atoms with E-state index in [1.807, 2.05) is 42.5 Å². The van der Waals surface area contributed by atoms with Crippen LogP contribution in [0.3, 0.4) is 0 Å². The molecule has 5 heteroatoms. The maximum absolute atomic E-state index is 12.0. The highest BCUT2D eigenvalue weighted by Crippen LogP contribution is 2.19. The first kappa shape index (κ1) is 16.8. The van der Waals surface area contributed by atoms with Crippen LogP contribution < -0.4 is 5.32 Å². The number of furan rings is 1. The Morgan fingerprint density at radius 2 is 1.80 bits per heavy atom. The molecule has 2 aromatic carbocycles. The van der Waals surface area contributed by atoms with Crippen molar-refractivity contribution in [3.05, 3.63) is 65.9 Å². The van der Waals surface area contributed by atoms with Crippen molar-refractivity contribution in [1.82, 2.24) is 0 Å². The van der Waals surface area contributed by atoms with Crippen LogP contribution in [0.1, 0.15) is 35.9 Å². The second-order valence-corrected chi connectivity index (χ2v) is 6.05. The van der Waals surface area contributed by atoms with Crippen molar-refractivity contribution in [1.29, 1.82) is 0 Å². The summed E-state index contributed by atoms with van der Waals surface area (Å²) in [4.78, 5) is 23.9. The number of hydrogen-bond acceptors (Lipinski definition) is 4. The molecule has 0 aliphatic heterocycles. The van der Waals surface area contributed by atoms with Gasteiger partial charge in [0.2, 0.25) is 5.76 Å². The van der Waals surface area contributed by atoms with E-state index < -0.39 is 11.9 Å². The number of hydrogen-bond donors (Lipinski definition) is 1. The van der Waals surface area contributed by atoms with Gasteiger partial charge in [0.05, 0.1) is 0 Å². The van der Waals surface area contributed by atoms with E-state index in [9.17, 15) is 9.59 Å². The summed E-state index contributed by atoms with van der Waals surface area (Å²) in [7, 11) is 0. The molecule has 5 nitrogen and oxygen atoms in total. The number of anilines is 1. The third-order valence-corrected chi connectivity index (χ3v) is 3.82. The highest BCUT2D eigenvalue weighted by molar-refractivity contribution is 5.96. The van der Waals surface area contributed by atoms with Crippen LogP contribution in [0.2, 0.25) is 0 Å². The molecule has 25 heavy (non-hydrogen) atoms. The molecule has 0 saturated heterocycles. The van der Waals surface area contributed by atoms with E-state index in [4.69, 9.17) is 9.15 Å². The molecule has 128 valence electrons. The van der Waals surface area contributed by atoms with Gasteiger partial charge in [-0.3, -0.25) is 4.79 Å².